The summed E-state index contributed by atoms with van der Waals surface area (Å²) in [6.07, 6.45) is 1.54. The Balaban J connectivity index is 2.11. The molecule has 0 aromatic carbocycles. The Morgan fingerprint density at radius 2 is 2.18 bits per heavy atom. The number of anilines is 2. The van der Waals surface area contributed by atoms with Gasteiger partial charge in [0.15, 0.2) is 23.3 Å². The number of nitrogens with zero attached hydrogens (tertiary/aromatic N) is 2. The minimum absolute atomic E-state index is 0.139. The van der Waals surface area contributed by atoms with Crippen molar-refractivity contribution in [2.75, 3.05) is 11.1 Å². The average molecular weight is 240 g/mol. The molecule has 17 heavy (non-hydrogen) atoms. The van der Waals surface area contributed by atoms with Crippen molar-refractivity contribution in [1.29, 1.82) is 0 Å². The fourth-order valence-electron chi connectivity index (χ4n) is 1.25. The Labute approximate surface area is 95.7 Å². The number of aromatic nitrogens is 2. The summed E-state index contributed by atoms with van der Waals surface area (Å²) in [5.74, 6) is -1.18. The summed E-state index contributed by atoms with van der Waals surface area (Å²) in [7, 11) is 0. The van der Waals surface area contributed by atoms with Crippen LogP contribution in [0.5, 0.6) is 0 Å². The number of hydrogen-bond donors (Lipinski definition) is 2. The van der Waals surface area contributed by atoms with E-state index in [-0.39, 0.29) is 18.2 Å². The molecule has 0 fully saturated rings. The highest BCUT2D eigenvalue weighted by molar-refractivity contribution is 5.44. The van der Waals surface area contributed by atoms with E-state index in [1.54, 1.807) is 13.1 Å². The molecule has 3 N–H and O–H groups in total. The fourth-order valence-corrected chi connectivity index (χ4v) is 1.25. The number of oxazole rings is 1. The van der Waals surface area contributed by atoms with E-state index in [2.05, 4.69) is 15.3 Å². The first kappa shape index (κ1) is 11.3. The van der Waals surface area contributed by atoms with Crippen LogP contribution in [0.3, 0.4) is 0 Å². The summed E-state index contributed by atoms with van der Waals surface area (Å²) >= 11 is 0. The van der Waals surface area contributed by atoms with E-state index in [4.69, 9.17) is 10.2 Å². The van der Waals surface area contributed by atoms with Gasteiger partial charge in [0.25, 0.3) is 0 Å². The predicted molar refractivity (Wildman–Crippen MR) is 57.1 cm³/mol. The largest absolute Gasteiger partial charge is 0.444 e. The Morgan fingerprint density at radius 3 is 2.82 bits per heavy atom. The molecule has 0 unspecified atom stereocenters. The number of rotatable bonds is 3. The van der Waals surface area contributed by atoms with Crippen LogP contribution in [-0.2, 0) is 6.54 Å². The maximum absolute atomic E-state index is 13.3. The highest BCUT2D eigenvalue weighted by atomic mass is 19.1. The van der Waals surface area contributed by atoms with Crippen molar-refractivity contribution in [3.8, 4) is 0 Å². The number of halogens is 2. The third-order valence-electron chi connectivity index (χ3n) is 2.03. The molecular formula is C10H10F2N4O. The van der Waals surface area contributed by atoms with E-state index in [1.807, 2.05) is 0 Å². The third-order valence-corrected chi connectivity index (χ3v) is 2.03. The van der Waals surface area contributed by atoms with Gasteiger partial charge in [-0.15, -0.1) is 0 Å². The van der Waals surface area contributed by atoms with Crippen molar-refractivity contribution in [2.24, 2.45) is 0 Å². The number of pyridine rings is 1. The second kappa shape index (κ2) is 4.36. The molecule has 7 heteroatoms. The summed E-state index contributed by atoms with van der Waals surface area (Å²) < 4.78 is 31.3. The summed E-state index contributed by atoms with van der Waals surface area (Å²) in [4.78, 5) is 7.46. The highest BCUT2D eigenvalue weighted by Crippen LogP contribution is 2.17. The summed E-state index contributed by atoms with van der Waals surface area (Å²) in [6.45, 7) is 1.88. The first-order chi connectivity index (χ1) is 8.06. The predicted octanol–water partition coefficient (Wildman–Crippen LogP) is 1.85. The lowest BCUT2D eigenvalue weighted by Gasteiger charge is -2.05. The molecule has 0 spiro atoms. The Kier molecular flexibility index (Phi) is 2.90. The normalized spacial score (nSPS) is 10.5. The number of hydrogen-bond acceptors (Lipinski definition) is 5. The van der Waals surface area contributed by atoms with Crippen molar-refractivity contribution in [1.82, 2.24) is 9.97 Å². The van der Waals surface area contributed by atoms with Gasteiger partial charge in [-0.2, -0.15) is 0 Å². The van der Waals surface area contributed by atoms with Gasteiger partial charge in [0.05, 0.1) is 12.7 Å². The Morgan fingerprint density at radius 1 is 1.41 bits per heavy atom. The van der Waals surface area contributed by atoms with Crippen LogP contribution in [0.1, 0.15) is 11.7 Å². The van der Waals surface area contributed by atoms with Crippen LogP contribution >= 0.6 is 0 Å². The smallest absolute Gasteiger partial charge is 0.213 e. The number of nitrogen functional groups attached to an aromatic ring is 1. The number of nitrogens with two attached hydrogens (primary N) is 1. The van der Waals surface area contributed by atoms with Crippen LogP contribution in [0, 0.1) is 18.6 Å². The zero-order valence-corrected chi connectivity index (χ0v) is 9.00. The first-order valence-corrected chi connectivity index (χ1v) is 4.83. The molecule has 0 aliphatic rings. The molecule has 0 saturated heterocycles. The van der Waals surface area contributed by atoms with E-state index in [0.717, 1.165) is 0 Å². The number of nitrogens with one attached hydrogen (secondary N) is 1. The van der Waals surface area contributed by atoms with Crippen LogP contribution < -0.4 is 11.1 Å². The molecule has 0 bridgehead atoms. The van der Waals surface area contributed by atoms with Gasteiger partial charge in [0.1, 0.15) is 5.76 Å². The molecule has 0 aliphatic carbocycles. The van der Waals surface area contributed by atoms with Gasteiger partial charge in [-0.1, -0.05) is 0 Å². The van der Waals surface area contributed by atoms with Crippen LogP contribution in [0.4, 0.5) is 20.4 Å². The molecule has 2 aromatic heterocycles. The van der Waals surface area contributed by atoms with Crippen molar-refractivity contribution in [3.05, 3.63) is 35.5 Å². The minimum Gasteiger partial charge on any atom is -0.444 e. The third kappa shape index (κ3) is 2.49. The van der Waals surface area contributed by atoms with Gasteiger partial charge < -0.3 is 15.5 Å². The molecule has 2 heterocycles. The van der Waals surface area contributed by atoms with Crippen LogP contribution in [0.2, 0.25) is 0 Å². The quantitative estimate of drug-likeness (QED) is 0.856. The molecule has 0 aliphatic heterocycles. The zero-order chi connectivity index (χ0) is 12.4. The van der Waals surface area contributed by atoms with Gasteiger partial charge in [-0.3, -0.25) is 0 Å². The van der Waals surface area contributed by atoms with Crippen molar-refractivity contribution < 1.29 is 13.2 Å². The minimum atomic E-state index is -0.889. The maximum atomic E-state index is 13.3. The number of aryl methyl sites for hydroxylation is 1. The molecule has 90 valence electrons. The summed E-state index contributed by atoms with van der Waals surface area (Å²) in [5.41, 5.74) is 5.23. The molecule has 5 nitrogen and oxygen atoms in total. The van der Waals surface area contributed by atoms with Crippen molar-refractivity contribution in [2.45, 2.75) is 13.5 Å². The van der Waals surface area contributed by atoms with E-state index < -0.39 is 11.6 Å². The van der Waals surface area contributed by atoms with E-state index in [9.17, 15) is 8.78 Å². The van der Waals surface area contributed by atoms with Crippen molar-refractivity contribution >= 4 is 11.6 Å². The monoisotopic (exact) mass is 240 g/mol. The van der Waals surface area contributed by atoms with Gasteiger partial charge in [0, 0.05) is 6.07 Å². The van der Waals surface area contributed by atoms with Crippen molar-refractivity contribution in [3.63, 3.8) is 0 Å². The molecule has 0 saturated carbocycles. The van der Waals surface area contributed by atoms with E-state index >= 15 is 0 Å². The van der Waals surface area contributed by atoms with E-state index in [1.165, 1.54) is 0 Å². The topological polar surface area (TPSA) is 77.0 Å². The highest BCUT2D eigenvalue weighted by Gasteiger charge is 2.10. The molecule has 0 radical (unpaired) electrons. The zero-order valence-electron chi connectivity index (χ0n) is 9.00. The first-order valence-electron chi connectivity index (χ1n) is 4.83. The van der Waals surface area contributed by atoms with E-state index in [0.29, 0.717) is 17.7 Å². The molecule has 2 rings (SSSR count). The standard InChI is InChI=1S/C10H10F2N4O/c1-5-3-14-8(17-5)4-15-10-7(12)2-6(11)9(13)16-10/h2-3H,4H2,1H3,(H3,13,15,16). The van der Waals surface area contributed by atoms with Crippen LogP contribution in [-0.4, -0.2) is 9.97 Å². The summed E-state index contributed by atoms with van der Waals surface area (Å²) in [6, 6.07) is 0.672. The fraction of sp³-hybridized carbons (Fsp3) is 0.200. The van der Waals surface area contributed by atoms with Gasteiger partial charge in [-0.25, -0.2) is 18.7 Å². The van der Waals surface area contributed by atoms with Gasteiger partial charge >= 0.3 is 0 Å². The summed E-state index contributed by atoms with van der Waals surface area (Å²) in [5, 5.41) is 2.62. The second-order valence-corrected chi connectivity index (χ2v) is 3.40. The lowest BCUT2D eigenvalue weighted by atomic mass is 10.4. The second-order valence-electron chi connectivity index (χ2n) is 3.40. The maximum Gasteiger partial charge on any atom is 0.213 e. The molecule has 0 amide bonds. The average Bonchev–Trinajstić information content (AvgIpc) is 2.68. The van der Waals surface area contributed by atoms with Gasteiger partial charge in [-0.05, 0) is 6.92 Å². The van der Waals surface area contributed by atoms with Crippen LogP contribution in [0.15, 0.2) is 16.7 Å². The van der Waals surface area contributed by atoms with Gasteiger partial charge in [0.2, 0.25) is 5.89 Å². The lowest BCUT2D eigenvalue weighted by molar-refractivity contribution is 0.478. The molecular weight excluding hydrogens is 230 g/mol. The Bertz CT molecular complexity index is 541. The molecule has 0 atom stereocenters. The lowest BCUT2D eigenvalue weighted by Crippen LogP contribution is -2.07. The van der Waals surface area contributed by atoms with Crippen LogP contribution in [0.25, 0.3) is 0 Å². The molecule has 2 aromatic rings. The SMILES string of the molecule is Cc1cnc(CNc2nc(N)c(F)cc2F)o1. The Hall–Kier alpha value is -2.18.